The molecule has 1 aliphatic heterocycles. The molecule has 2 rings (SSSR count). The smallest absolute Gasteiger partial charge is 0.239 e. The van der Waals surface area contributed by atoms with Crippen LogP contribution in [-0.4, -0.2) is 24.5 Å². The van der Waals surface area contributed by atoms with Crippen LogP contribution < -0.4 is 10.2 Å². The van der Waals surface area contributed by atoms with E-state index in [4.69, 9.17) is 0 Å². The van der Waals surface area contributed by atoms with E-state index < -0.39 is 0 Å². The number of anilines is 1. The van der Waals surface area contributed by atoms with Gasteiger partial charge in [-0.15, -0.1) is 0 Å². The molecule has 86 valence electrons. The second kappa shape index (κ2) is 4.09. The summed E-state index contributed by atoms with van der Waals surface area (Å²) in [4.78, 5) is 13.7. The minimum Gasteiger partial charge on any atom is -0.360 e. The molecule has 16 heavy (non-hydrogen) atoms. The first-order chi connectivity index (χ1) is 7.46. The number of amides is 1. The van der Waals surface area contributed by atoms with Gasteiger partial charge < -0.3 is 10.2 Å². The lowest BCUT2D eigenvalue weighted by Gasteiger charge is -2.39. The number of piperazine rings is 1. The molecule has 0 saturated carbocycles. The second-order valence-electron chi connectivity index (χ2n) is 4.76. The van der Waals surface area contributed by atoms with Crippen molar-refractivity contribution in [2.45, 2.75) is 19.4 Å². The molecule has 1 aromatic carbocycles. The van der Waals surface area contributed by atoms with Gasteiger partial charge in [0.2, 0.25) is 5.91 Å². The maximum Gasteiger partial charge on any atom is 0.239 e. The summed E-state index contributed by atoms with van der Waals surface area (Å²) in [5.41, 5.74) is 0.925. The Hall–Kier alpha value is -1.03. The third-order valence-electron chi connectivity index (χ3n) is 2.59. The zero-order chi connectivity index (χ0) is 11.8. The Balaban J connectivity index is 2.21. The topological polar surface area (TPSA) is 32.3 Å². The molecule has 1 aliphatic rings. The minimum atomic E-state index is -0.164. The lowest BCUT2D eigenvalue weighted by atomic mass is 10.0. The SMILES string of the molecule is CC1(C)CN(c2ccc(Br)cc2)CC(=O)N1. The lowest BCUT2D eigenvalue weighted by Crippen LogP contribution is -2.60. The van der Waals surface area contributed by atoms with Gasteiger partial charge in [0.05, 0.1) is 12.1 Å². The molecule has 0 radical (unpaired) electrons. The fraction of sp³-hybridized carbons (Fsp3) is 0.417. The molecule has 3 nitrogen and oxygen atoms in total. The Morgan fingerprint density at radius 2 is 1.94 bits per heavy atom. The Morgan fingerprint density at radius 1 is 1.31 bits per heavy atom. The molecule has 0 bridgehead atoms. The molecule has 0 spiro atoms. The van der Waals surface area contributed by atoms with E-state index in [2.05, 4.69) is 26.1 Å². The third kappa shape index (κ3) is 2.55. The van der Waals surface area contributed by atoms with Gasteiger partial charge in [-0.25, -0.2) is 0 Å². The fourth-order valence-corrected chi connectivity index (χ4v) is 2.26. The monoisotopic (exact) mass is 282 g/mol. The molecule has 0 atom stereocenters. The number of halogens is 1. The van der Waals surface area contributed by atoms with Gasteiger partial charge in [0.1, 0.15) is 0 Å². The number of nitrogens with zero attached hydrogens (tertiary/aromatic N) is 1. The first kappa shape index (κ1) is 11.5. The highest BCUT2D eigenvalue weighted by Crippen LogP contribution is 2.22. The van der Waals surface area contributed by atoms with Crippen LogP contribution >= 0.6 is 15.9 Å². The summed E-state index contributed by atoms with van der Waals surface area (Å²) in [5.74, 6) is 0.0826. The van der Waals surface area contributed by atoms with E-state index in [0.717, 1.165) is 16.7 Å². The van der Waals surface area contributed by atoms with Crippen LogP contribution in [0.3, 0.4) is 0 Å². The van der Waals surface area contributed by atoms with Gasteiger partial charge in [-0.05, 0) is 38.1 Å². The molecule has 1 aromatic rings. The van der Waals surface area contributed by atoms with Crippen LogP contribution in [0.15, 0.2) is 28.7 Å². The van der Waals surface area contributed by atoms with Crippen LogP contribution in [-0.2, 0) is 4.79 Å². The van der Waals surface area contributed by atoms with Gasteiger partial charge in [-0.3, -0.25) is 4.79 Å². The van der Waals surface area contributed by atoms with Crippen molar-refractivity contribution in [2.24, 2.45) is 0 Å². The van der Waals surface area contributed by atoms with Crippen molar-refractivity contribution in [3.63, 3.8) is 0 Å². The largest absolute Gasteiger partial charge is 0.360 e. The van der Waals surface area contributed by atoms with E-state index in [1.165, 1.54) is 0 Å². The number of benzene rings is 1. The van der Waals surface area contributed by atoms with Crippen molar-refractivity contribution in [2.75, 3.05) is 18.0 Å². The fourth-order valence-electron chi connectivity index (χ4n) is 2.00. The molecule has 1 heterocycles. The van der Waals surface area contributed by atoms with Gasteiger partial charge >= 0.3 is 0 Å². The van der Waals surface area contributed by atoms with Crippen molar-refractivity contribution in [1.82, 2.24) is 5.32 Å². The average Bonchev–Trinajstić information content (AvgIpc) is 2.15. The predicted molar refractivity (Wildman–Crippen MR) is 68.6 cm³/mol. The Kier molecular flexibility index (Phi) is 2.93. The maximum atomic E-state index is 11.6. The number of hydrogen-bond acceptors (Lipinski definition) is 2. The van der Waals surface area contributed by atoms with Crippen LogP contribution in [0.2, 0.25) is 0 Å². The maximum absolute atomic E-state index is 11.6. The van der Waals surface area contributed by atoms with Crippen molar-refractivity contribution in [3.05, 3.63) is 28.7 Å². The summed E-state index contributed by atoms with van der Waals surface area (Å²) in [6, 6.07) is 8.04. The van der Waals surface area contributed by atoms with E-state index >= 15 is 0 Å². The van der Waals surface area contributed by atoms with Gasteiger partial charge in [0.15, 0.2) is 0 Å². The molecule has 0 aromatic heterocycles. The summed E-state index contributed by atoms with van der Waals surface area (Å²) in [5, 5.41) is 2.98. The molecule has 1 N–H and O–H groups in total. The molecular weight excluding hydrogens is 268 g/mol. The molecule has 0 unspecified atom stereocenters. The van der Waals surface area contributed by atoms with Crippen molar-refractivity contribution >= 4 is 27.5 Å². The molecule has 4 heteroatoms. The van der Waals surface area contributed by atoms with Crippen LogP contribution in [0.5, 0.6) is 0 Å². The van der Waals surface area contributed by atoms with E-state index in [9.17, 15) is 4.79 Å². The van der Waals surface area contributed by atoms with Crippen molar-refractivity contribution in [3.8, 4) is 0 Å². The van der Waals surface area contributed by atoms with Gasteiger partial charge in [-0.2, -0.15) is 0 Å². The second-order valence-corrected chi connectivity index (χ2v) is 5.68. The quantitative estimate of drug-likeness (QED) is 0.856. The van der Waals surface area contributed by atoms with Crippen molar-refractivity contribution < 1.29 is 4.79 Å². The highest BCUT2D eigenvalue weighted by Gasteiger charge is 2.30. The van der Waals surface area contributed by atoms with Crippen LogP contribution in [0, 0.1) is 0 Å². The number of rotatable bonds is 1. The van der Waals surface area contributed by atoms with Crippen LogP contribution in [0.1, 0.15) is 13.8 Å². The van der Waals surface area contributed by atoms with Crippen LogP contribution in [0.25, 0.3) is 0 Å². The Labute approximate surface area is 104 Å². The molecule has 1 saturated heterocycles. The van der Waals surface area contributed by atoms with E-state index in [1.54, 1.807) is 0 Å². The number of nitrogens with one attached hydrogen (secondary N) is 1. The summed E-state index contributed by atoms with van der Waals surface area (Å²) in [7, 11) is 0. The molecule has 0 aliphatic carbocycles. The zero-order valence-corrected chi connectivity index (χ0v) is 11.0. The highest BCUT2D eigenvalue weighted by atomic mass is 79.9. The van der Waals surface area contributed by atoms with Gasteiger partial charge in [0.25, 0.3) is 0 Å². The standard InChI is InChI=1S/C12H15BrN2O/c1-12(2)8-15(7-11(16)14-12)10-5-3-9(13)4-6-10/h3-6H,7-8H2,1-2H3,(H,14,16). The first-order valence-corrected chi connectivity index (χ1v) is 6.07. The zero-order valence-electron chi connectivity index (χ0n) is 9.46. The molecular formula is C12H15BrN2O. The van der Waals surface area contributed by atoms with E-state index in [1.807, 2.05) is 38.1 Å². The highest BCUT2D eigenvalue weighted by molar-refractivity contribution is 9.10. The summed E-state index contributed by atoms with van der Waals surface area (Å²) >= 11 is 3.41. The third-order valence-corrected chi connectivity index (χ3v) is 3.12. The number of carbonyl (C=O) groups is 1. The summed E-state index contributed by atoms with van der Waals surface area (Å²) < 4.78 is 1.05. The van der Waals surface area contributed by atoms with Crippen molar-refractivity contribution in [1.29, 1.82) is 0 Å². The van der Waals surface area contributed by atoms with Crippen LogP contribution in [0.4, 0.5) is 5.69 Å². The molecule has 1 fully saturated rings. The van der Waals surface area contributed by atoms with E-state index in [0.29, 0.717) is 6.54 Å². The molecule has 1 amide bonds. The summed E-state index contributed by atoms with van der Waals surface area (Å²) in [6.07, 6.45) is 0. The minimum absolute atomic E-state index is 0.0826. The first-order valence-electron chi connectivity index (χ1n) is 5.28. The number of hydrogen-bond donors (Lipinski definition) is 1. The van der Waals surface area contributed by atoms with E-state index in [-0.39, 0.29) is 11.4 Å². The summed E-state index contributed by atoms with van der Waals surface area (Å²) in [6.45, 7) is 5.34. The van der Waals surface area contributed by atoms with Gasteiger partial charge in [0, 0.05) is 16.7 Å². The average molecular weight is 283 g/mol. The lowest BCUT2D eigenvalue weighted by molar-refractivity contribution is -0.122. The van der Waals surface area contributed by atoms with Gasteiger partial charge in [-0.1, -0.05) is 15.9 Å². The Bertz CT molecular complexity index is 400. The normalized spacial score (nSPS) is 19.4. The number of carbonyl (C=O) groups excluding carboxylic acids is 1. The predicted octanol–water partition coefficient (Wildman–Crippen LogP) is 2.16. The Morgan fingerprint density at radius 3 is 2.50 bits per heavy atom.